The predicted octanol–water partition coefficient (Wildman–Crippen LogP) is 3.47. The fraction of sp³-hybridized carbons (Fsp3) is 0.357. The summed E-state index contributed by atoms with van der Waals surface area (Å²) in [6, 6.07) is 7.45. The van der Waals surface area contributed by atoms with Gasteiger partial charge in [0.2, 0.25) is 0 Å². The molecule has 1 aromatic carbocycles. The SMILES string of the molecule is CC(C)c1nc(CCOc2ccc(N)cc2)cs1. The first kappa shape index (κ1) is 12.9. The van der Waals surface area contributed by atoms with Crippen LogP contribution in [0.2, 0.25) is 0 Å². The summed E-state index contributed by atoms with van der Waals surface area (Å²) >= 11 is 1.72. The van der Waals surface area contributed by atoms with Crippen LogP contribution >= 0.6 is 11.3 Å². The maximum atomic E-state index is 5.64. The van der Waals surface area contributed by atoms with Crippen LogP contribution in [-0.4, -0.2) is 11.6 Å². The monoisotopic (exact) mass is 262 g/mol. The Morgan fingerprint density at radius 1 is 1.28 bits per heavy atom. The molecule has 0 bridgehead atoms. The molecule has 2 aromatic rings. The summed E-state index contributed by atoms with van der Waals surface area (Å²) in [4.78, 5) is 4.57. The minimum Gasteiger partial charge on any atom is -0.493 e. The summed E-state index contributed by atoms with van der Waals surface area (Å²) in [7, 11) is 0. The number of hydrogen-bond acceptors (Lipinski definition) is 4. The molecule has 0 aliphatic heterocycles. The second-order valence-corrected chi connectivity index (χ2v) is 5.39. The third-order valence-corrected chi connectivity index (χ3v) is 3.76. The predicted molar refractivity (Wildman–Crippen MR) is 76.3 cm³/mol. The number of ether oxygens (including phenoxy) is 1. The van der Waals surface area contributed by atoms with Crippen molar-refractivity contribution >= 4 is 17.0 Å². The second kappa shape index (κ2) is 5.87. The second-order valence-electron chi connectivity index (χ2n) is 4.50. The summed E-state index contributed by atoms with van der Waals surface area (Å²) in [6.07, 6.45) is 0.841. The van der Waals surface area contributed by atoms with Gasteiger partial charge in [0, 0.05) is 23.4 Å². The molecule has 0 radical (unpaired) electrons. The molecule has 96 valence electrons. The number of benzene rings is 1. The molecule has 0 aliphatic rings. The lowest BCUT2D eigenvalue weighted by Crippen LogP contribution is -2.02. The maximum Gasteiger partial charge on any atom is 0.119 e. The third kappa shape index (κ3) is 3.47. The van der Waals surface area contributed by atoms with Gasteiger partial charge in [-0.05, 0) is 24.3 Å². The minimum absolute atomic E-state index is 0.502. The van der Waals surface area contributed by atoms with Crippen LogP contribution < -0.4 is 10.5 Å². The molecule has 3 nitrogen and oxygen atoms in total. The van der Waals surface area contributed by atoms with Crippen molar-refractivity contribution in [2.45, 2.75) is 26.2 Å². The van der Waals surface area contributed by atoms with Gasteiger partial charge >= 0.3 is 0 Å². The van der Waals surface area contributed by atoms with Crippen LogP contribution in [0.3, 0.4) is 0 Å². The molecule has 1 heterocycles. The summed E-state index contributed by atoms with van der Waals surface area (Å²) in [5, 5.41) is 3.30. The minimum atomic E-state index is 0.502. The number of nitrogens with zero attached hydrogens (tertiary/aromatic N) is 1. The zero-order valence-corrected chi connectivity index (χ0v) is 11.5. The first-order chi connectivity index (χ1) is 8.65. The van der Waals surface area contributed by atoms with E-state index in [0.29, 0.717) is 12.5 Å². The van der Waals surface area contributed by atoms with Crippen molar-refractivity contribution in [1.29, 1.82) is 0 Å². The van der Waals surface area contributed by atoms with Gasteiger partial charge in [-0.15, -0.1) is 11.3 Å². The van der Waals surface area contributed by atoms with E-state index in [1.807, 2.05) is 24.3 Å². The molecule has 0 amide bonds. The van der Waals surface area contributed by atoms with Gasteiger partial charge in [-0.1, -0.05) is 13.8 Å². The van der Waals surface area contributed by atoms with E-state index in [0.717, 1.165) is 23.6 Å². The highest BCUT2D eigenvalue weighted by Gasteiger charge is 2.05. The highest BCUT2D eigenvalue weighted by molar-refractivity contribution is 7.09. The molecular weight excluding hydrogens is 244 g/mol. The molecule has 2 rings (SSSR count). The van der Waals surface area contributed by atoms with Crippen LogP contribution in [0.5, 0.6) is 5.75 Å². The molecule has 0 saturated heterocycles. The van der Waals surface area contributed by atoms with E-state index < -0.39 is 0 Å². The Labute approximate surface area is 112 Å². The summed E-state index contributed by atoms with van der Waals surface area (Å²) in [6.45, 7) is 4.96. The summed E-state index contributed by atoms with van der Waals surface area (Å²) < 4.78 is 5.64. The third-order valence-electron chi connectivity index (χ3n) is 2.57. The molecule has 0 unspecified atom stereocenters. The fourth-order valence-electron chi connectivity index (χ4n) is 1.54. The lowest BCUT2D eigenvalue weighted by atomic mass is 10.2. The van der Waals surface area contributed by atoms with Crippen LogP contribution in [0, 0.1) is 0 Å². The number of thiazole rings is 1. The topological polar surface area (TPSA) is 48.1 Å². The highest BCUT2D eigenvalue weighted by atomic mass is 32.1. The van der Waals surface area contributed by atoms with Gasteiger partial charge in [0.15, 0.2) is 0 Å². The lowest BCUT2D eigenvalue weighted by Gasteiger charge is -2.05. The van der Waals surface area contributed by atoms with Gasteiger partial charge in [-0.25, -0.2) is 4.98 Å². The van der Waals surface area contributed by atoms with Gasteiger partial charge in [0.05, 0.1) is 17.3 Å². The standard InChI is InChI=1S/C14H18N2OS/c1-10(2)14-16-12(9-18-14)7-8-17-13-5-3-11(15)4-6-13/h3-6,9-10H,7-8,15H2,1-2H3. The first-order valence-corrected chi connectivity index (χ1v) is 6.96. The number of hydrogen-bond donors (Lipinski definition) is 1. The van der Waals surface area contributed by atoms with E-state index >= 15 is 0 Å². The van der Waals surface area contributed by atoms with E-state index in [1.165, 1.54) is 5.01 Å². The molecule has 18 heavy (non-hydrogen) atoms. The van der Waals surface area contributed by atoms with E-state index in [4.69, 9.17) is 10.5 Å². The van der Waals surface area contributed by atoms with Crippen molar-refractivity contribution in [2.75, 3.05) is 12.3 Å². The molecule has 0 aliphatic carbocycles. The van der Waals surface area contributed by atoms with E-state index in [9.17, 15) is 0 Å². The highest BCUT2D eigenvalue weighted by Crippen LogP contribution is 2.19. The Kier molecular flexibility index (Phi) is 4.20. The number of anilines is 1. The maximum absolute atomic E-state index is 5.64. The smallest absolute Gasteiger partial charge is 0.119 e. The average Bonchev–Trinajstić information content (AvgIpc) is 2.81. The van der Waals surface area contributed by atoms with E-state index in [1.54, 1.807) is 11.3 Å². The van der Waals surface area contributed by atoms with Gasteiger partial charge < -0.3 is 10.5 Å². The van der Waals surface area contributed by atoms with Gasteiger partial charge in [-0.3, -0.25) is 0 Å². The average molecular weight is 262 g/mol. The number of rotatable bonds is 5. The van der Waals surface area contributed by atoms with Crippen LogP contribution in [0.25, 0.3) is 0 Å². The Morgan fingerprint density at radius 2 is 2.00 bits per heavy atom. The fourth-order valence-corrected chi connectivity index (χ4v) is 2.41. The van der Waals surface area contributed by atoms with Crippen molar-refractivity contribution < 1.29 is 4.74 Å². The molecular formula is C14H18N2OS. The molecule has 4 heteroatoms. The first-order valence-electron chi connectivity index (χ1n) is 6.08. The van der Waals surface area contributed by atoms with Crippen molar-refractivity contribution in [2.24, 2.45) is 0 Å². The number of nitrogen functional groups attached to an aromatic ring is 1. The molecule has 0 spiro atoms. The Hall–Kier alpha value is -1.55. The van der Waals surface area contributed by atoms with Crippen LogP contribution in [0.4, 0.5) is 5.69 Å². The van der Waals surface area contributed by atoms with Crippen molar-refractivity contribution in [1.82, 2.24) is 4.98 Å². The van der Waals surface area contributed by atoms with E-state index in [-0.39, 0.29) is 0 Å². The molecule has 0 fully saturated rings. The van der Waals surface area contributed by atoms with Crippen LogP contribution in [0.1, 0.15) is 30.5 Å². The van der Waals surface area contributed by atoms with Crippen LogP contribution in [0.15, 0.2) is 29.6 Å². The molecule has 1 aromatic heterocycles. The Bertz CT molecular complexity index is 491. The van der Waals surface area contributed by atoms with Crippen molar-refractivity contribution in [3.8, 4) is 5.75 Å². The van der Waals surface area contributed by atoms with Crippen LogP contribution in [-0.2, 0) is 6.42 Å². The van der Waals surface area contributed by atoms with E-state index in [2.05, 4.69) is 24.2 Å². The largest absolute Gasteiger partial charge is 0.493 e. The normalized spacial score (nSPS) is 10.8. The van der Waals surface area contributed by atoms with Crippen molar-refractivity contribution in [3.63, 3.8) is 0 Å². The lowest BCUT2D eigenvalue weighted by molar-refractivity contribution is 0.320. The Balaban J connectivity index is 1.82. The zero-order chi connectivity index (χ0) is 13.0. The number of aromatic nitrogens is 1. The quantitative estimate of drug-likeness (QED) is 0.839. The summed E-state index contributed by atoms with van der Waals surface area (Å²) in [5.41, 5.74) is 7.48. The molecule has 0 saturated carbocycles. The van der Waals surface area contributed by atoms with Crippen molar-refractivity contribution in [3.05, 3.63) is 40.3 Å². The molecule has 2 N–H and O–H groups in total. The zero-order valence-electron chi connectivity index (χ0n) is 10.7. The van der Waals surface area contributed by atoms with Gasteiger partial charge in [-0.2, -0.15) is 0 Å². The molecule has 0 atom stereocenters. The number of nitrogens with two attached hydrogens (primary N) is 1. The summed E-state index contributed by atoms with van der Waals surface area (Å²) in [5.74, 6) is 1.35. The Morgan fingerprint density at radius 3 is 2.61 bits per heavy atom. The van der Waals surface area contributed by atoms with Gasteiger partial charge in [0.1, 0.15) is 5.75 Å². The van der Waals surface area contributed by atoms with Gasteiger partial charge in [0.25, 0.3) is 0 Å².